The van der Waals surface area contributed by atoms with Gasteiger partial charge in [0, 0.05) is 6.04 Å². The van der Waals surface area contributed by atoms with Crippen molar-refractivity contribution in [2.24, 2.45) is 5.92 Å². The number of carbonyl (C=O) groups is 2. The lowest BCUT2D eigenvalue weighted by Gasteiger charge is -2.27. The lowest BCUT2D eigenvalue weighted by molar-refractivity contribution is -0.142. The molecule has 0 heterocycles. The second-order valence-electron chi connectivity index (χ2n) is 5.73. The molecule has 0 aromatic heterocycles. The summed E-state index contributed by atoms with van der Waals surface area (Å²) in [5, 5.41) is 21.7. The van der Waals surface area contributed by atoms with Gasteiger partial charge in [-0.25, -0.2) is 4.39 Å². The van der Waals surface area contributed by atoms with Crippen molar-refractivity contribution in [3.63, 3.8) is 0 Å². The number of aliphatic hydroxyl groups is 1. The number of hydrogen-bond acceptors (Lipinski definition) is 3. The van der Waals surface area contributed by atoms with Gasteiger partial charge in [0.1, 0.15) is 5.82 Å². The molecule has 3 N–H and O–H groups in total. The van der Waals surface area contributed by atoms with Gasteiger partial charge in [-0.05, 0) is 43.4 Å². The first-order valence-corrected chi connectivity index (χ1v) is 7.41. The predicted octanol–water partition coefficient (Wildman–Crippen LogP) is 2.01. The van der Waals surface area contributed by atoms with E-state index in [2.05, 4.69) is 5.32 Å². The fraction of sp³-hybridized carbons (Fsp3) is 0.500. The average molecular weight is 309 g/mol. The summed E-state index contributed by atoms with van der Waals surface area (Å²) in [6, 6.07) is 5.48. The zero-order valence-corrected chi connectivity index (χ0v) is 12.2. The van der Waals surface area contributed by atoms with Gasteiger partial charge in [0.15, 0.2) is 0 Å². The van der Waals surface area contributed by atoms with Crippen LogP contribution in [0.1, 0.15) is 43.8 Å². The Kier molecular flexibility index (Phi) is 5.49. The number of halogens is 1. The maximum atomic E-state index is 13.1. The number of carboxylic acid groups (broad SMARTS) is 1. The van der Waals surface area contributed by atoms with E-state index in [1.807, 2.05) is 0 Å². The summed E-state index contributed by atoms with van der Waals surface area (Å²) in [5.74, 6) is -1.88. The second kappa shape index (κ2) is 7.35. The van der Waals surface area contributed by atoms with Gasteiger partial charge < -0.3 is 15.5 Å². The number of hydrogen-bond donors (Lipinski definition) is 3. The van der Waals surface area contributed by atoms with Crippen molar-refractivity contribution in [2.45, 2.75) is 44.2 Å². The number of carboxylic acids is 1. The highest BCUT2D eigenvalue weighted by Crippen LogP contribution is 2.25. The van der Waals surface area contributed by atoms with Crippen molar-refractivity contribution in [1.29, 1.82) is 0 Å². The molecule has 1 atom stereocenters. The van der Waals surface area contributed by atoms with Crippen LogP contribution in [-0.2, 0) is 9.59 Å². The van der Waals surface area contributed by atoms with Crippen molar-refractivity contribution in [2.75, 3.05) is 0 Å². The predicted molar refractivity (Wildman–Crippen MR) is 77.5 cm³/mol. The molecule has 6 heteroatoms. The van der Waals surface area contributed by atoms with E-state index in [4.69, 9.17) is 5.11 Å². The molecule has 1 fully saturated rings. The smallest absolute Gasteiger partial charge is 0.306 e. The minimum absolute atomic E-state index is 0.0530. The Labute approximate surface area is 128 Å². The highest BCUT2D eigenvalue weighted by atomic mass is 19.1. The van der Waals surface area contributed by atoms with Crippen molar-refractivity contribution in [3.8, 4) is 0 Å². The molecule has 0 aliphatic heterocycles. The molecule has 2 rings (SSSR count). The minimum Gasteiger partial charge on any atom is -0.481 e. The number of amides is 1. The van der Waals surface area contributed by atoms with Crippen molar-refractivity contribution in [1.82, 2.24) is 5.32 Å². The first-order chi connectivity index (χ1) is 10.5. The van der Waals surface area contributed by atoms with Crippen molar-refractivity contribution in [3.05, 3.63) is 35.6 Å². The van der Waals surface area contributed by atoms with Gasteiger partial charge >= 0.3 is 5.97 Å². The number of carbonyl (C=O) groups excluding carboxylic acids is 1. The van der Waals surface area contributed by atoms with E-state index in [0.29, 0.717) is 31.2 Å². The van der Waals surface area contributed by atoms with Gasteiger partial charge in [0.2, 0.25) is 5.91 Å². The van der Waals surface area contributed by atoms with Crippen LogP contribution in [0, 0.1) is 11.7 Å². The maximum absolute atomic E-state index is 13.1. The standard InChI is InChI=1S/C16H20FNO4/c17-12-3-1-2-11(8-12)14(19)9-15(20)18-13-6-4-10(5-7-13)16(21)22/h1-3,8,10,13-14,19H,4-7,9H2,(H,18,20)(H,21,22). The van der Waals surface area contributed by atoms with E-state index < -0.39 is 17.9 Å². The van der Waals surface area contributed by atoms with Crippen molar-refractivity contribution >= 4 is 11.9 Å². The van der Waals surface area contributed by atoms with E-state index in [1.165, 1.54) is 18.2 Å². The van der Waals surface area contributed by atoms with Crippen molar-refractivity contribution < 1.29 is 24.2 Å². The second-order valence-corrected chi connectivity index (χ2v) is 5.73. The third-order valence-electron chi connectivity index (χ3n) is 4.05. The van der Waals surface area contributed by atoms with Gasteiger partial charge in [0.25, 0.3) is 0 Å². The molecule has 120 valence electrons. The monoisotopic (exact) mass is 309 g/mol. The molecule has 5 nitrogen and oxygen atoms in total. The molecular formula is C16H20FNO4. The van der Waals surface area contributed by atoms with Crippen LogP contribution in [0.4, 0.5) is 4.39 Å². The SMILES string of the molecule is O=C(CC(O)c1cccc(F)c1)NC1CCC(C(=O)O)CC1. The van der Waals surface area contributed by atoms with Crippen LogP contribution >= 0.6 is 0 Å². The van der Waals surface area contributed by atoms with Gasteiger partial charge in [-0.3, -0.25) is 9.59 Å². The molecule has 0 saturated heterocycles. The molecule has 0 bridgehead atoms. The quantitative estimate of drug-likeness (QED) is 0.776. The summed E-state index contributed by atoms with van der Waals surface area (Å²) in [6.45, 7) is 0. The van der Waals surface area contributed by atoms with Crippen LogP contribution in [0.5, 0.6) is 0 Å². The van der Waals surface area contributed by atoms with E-state index in [-0.39, 0.29) is 24.3 Å². The molecular weight excluding hydrogens is 289 g/mol. The van der Waals surface area contributed by atoms with Crippen LogP contribution in [0.25, 0.3) is 0 Å². The number of rotatable bonds is 5. The normalized spacial score (nSPS) is 22.8. The highest BCUT2D eigenvalue weighted by molar-refractivity contribution is 5.77. The molecule has 0 radical (unpaired) electrons. The summed E-state index contributed by atoms with van der Waals surface area (Å²) in [4.78, 5) is 22.8. The maximum Gasteiger partial charge on any atom is 0.306 e. The Morgan fingerprint density at radius 3 is 2.55 bits per heavy atom. The lowest BCUT2D eigenvalue weighted by Crippen LogP contribution is -2.39. The Morgan fingerprint density at radius 1 is 1.27 bits per heavy atom. The van der Waals surface area contributed by atoms with Gasteiger partial charge in [-0.1, -0.05) is 12.1 Å². The lowest BCUT2D eigenvalue weighted by atomic mass is 9.86. The summed E-state index contributed by atoms with van der Waals surface area (Å²) in [7, 11) is 0. The summed E-state index contributed by atoms with van der Waals surface area (Å²) in [5.41, 5.74) is 0.365. The number of aliphatic carboxylic acids is 1. The first kappa shape index (κ1) is 16.4. The van der Waals surface area contributed by atoms with Crippen LogP contribution in [0.3, 0.4) is 0 Å². The third-order valence-corrected chi connectivity index (χ3v) is 4.05. The number of nitrogens with one attached hydrogen (secondary N) is 1. The molecule has 1 aromatic rings. The molecule has 0 spiro atoms. The van der Waals surface area contributed by atoms with Crippen LogP contribution < -0.4 is 5.32 Å². The fourth-order valence-corrected chi connectivity index (χ4v) is 2.78. The van der Waals surface area contributed by atoms with Gasteiger partial charge in [0.05, 0.1) is 18.4 Å². The molecule has 22 heavy (non-hydrogen) atoms. The highest BCUT2D eigenvalue weighted by Gasteiger charge is 2.27. The van der Waals surface area contributed by atoms with E-state index in [1.54, 1.807) is 6.07 Å². The van der Waals surface area contributed by atoms with Gasteiger partial charge in [-0.2, -0.15) is 0 Å². The Hall–Kier alpha value is -1.95. The van der Waals surface area contributed by atoms with E-state index in [9.17, 15) is 19.1 Å². The molecule has 1 aliphatic rings. The van der Waals surface area contributed by atoms with E-state index in [0.717, 1.165) is 0 Å². The van der Waals surface area contributed by atoms with Gasteiger partial charge in [-0.15, -0.1) is 0 Å². The average Bonchev–Trinajstić information content (AvgIpc) is 2.47. The summed E-state index contributed by atoms with van der Waals surface area (Å²) in [6.07, 6.45) is 1.16. The topological polar surface area (TPSA) is 86.6 Å². The van der Waals surface area contributed by atoms with Crippen LogP contribution in [0.15, 0.2) is 24.3 Å². The molecule has 1 aliphatic carbocycles. The third kappa shape index (κ3) is 4.53. The Morgan fingerprint density at radius 2 is 1.95 bits per heavy atom. The number of benzene rings is 1. The van der Waals surface area contributed by atoms with E-state index >= 15 is 0 Å². The number of aliphatic hydroxyl groups excluding tert-OH is 1. The minimum atomic E-state index is -1.05. The Balaban J connectivity index is 1.80. The van der Waals surface area contributed by atoms with Crippen LogP contribution in [-0.4, -0.2) is 28.1 Å². The molecule has 1 amide bonds. The van der Waals surface area contributed by atoms with Crippen LogP contribution in [0.2, 0.25) is 0 Å². The zero-order chi connectivity index (χ0) is 16.1. The molecule has 1 saturated carbocycles. The Bertz CT molecular complexity index is 541. The largest absolute Gasteiger partial charge is 0.481 e. The first-order valence-electron chi connectivity index (χ1n) is 7.41. The molecule has 1 unspecified atom stereocenters. The fourth-order valence-electron chi connectivity index (χ4n) is 2.78. The molecule has 1 aromatic carbocycles. The summed E-state index contributed by atoms with van der Waals surface area (Å²) >= 11 is 0. The summed E-state index contributed by atoms with van der Waals surface area (Å²) < 4.78 is 13.1. The zero-order valence-electron chi connectivity index (χ0n) is 12.2.